The first-order valence-electron chi connectivity index (χ1n) is 3.55. The summed E-state index contributed by atoms with van der Waals surface area (Å²) in [6.07, 6.45) is 3.60. The standard InChI is InChI=1S/C7H12O4/c8-3-1-7(2-4-9)10-5-6-11-7/h5-6,8-9H,1-4H2. The van der Waals surface area contributed by atoms with Crippen LogP contribution in [0.3, 0.4) is 0 Å². The van der Waals surface area contributed by atoms with Crippen LogP contribution in [0.1, 0.15) is 12.8 Å². The number of hydrogen-bond donors (Lipinski definition) is 2. The van der Waals surface area contributed by atoms with E-state index >= 15 is 0 Å². The Morgan fingerprint density at radius 2 is 1.45 bits per heavy atom. The van der Waals surface area contributed by atoms with E-state index in [0.29, 0.717) is 12.8 Å². The van der Waals surface area contributed by atoms with Crippen LogP contribution in [-0.2, 0) is 9.47 Å². The fourth-order valence-corrected chi connectivity index (χ4v) is 1.03. The summed E-state index contributed by atoms with van der Waals surface area (Å²) in [5.74, 6) is -0.816. The summed E-state index contributed by atoms with van der Waals surface area (Å²) in [4.78, 5) is 0. The van der Waals surface area contributed by atoms with Crippen LogP contribution in [0.15, 0.2) is 12.5 Å². The van der Waals surface area contributed by atoms with Crippen molar-refractivity contribution < 1.29 is 19.7 Å². The lowest BCUT2D eigenvalue weighted by atomic mass is 10.1. The largest absolute Gasteiger partial charge is 0.457 e. The molecule has 0 fully saturated rings. The molecule has 0 saturated heterocycles. The molecule has 11 heavy (non-hydrogen) atoms. The second-order valence-electron chi connectivity index (χ2n) is 2.37. The van der Waals surface area contributed by atoms with Crippen LogP contribution in [0.25, 0.3) is 0 Å². The van der Waals surface area contributed by atoms with E-state index in [0.717, 1.165) is 0 Å². The van der Waals surface area contributed by atoms with Gasteiger partial charge in [-0.3, -0.25) is 0 Å². The fourth-order valence-electron chi connectivity index (χ4n) is 1.03. The molecule has 0 unspecified atom stereocenters. The van der Waals surface area contributed by atoms with Crippen LogP contribution in [0.5, 0.6) is 0 Å². The average molecular weight is 160 g/mol. The quantitative estimate of drug-likeness (QED) is 0.606. The number of hydrogen-bond acceptors (Lipinski definition) is 4. The lowest BCUT2D eigenvalue weighted by Gasteiger charge is -2.25. The third-order valence-electron chi connectivity index (χ3n) is 1.61. The highest BCUT2D eigenvalue weighted by Crippen LogP contribution is 2.27. The molecule has 1 aliphatic rings. The van der Waals surface area contributed by atoms with E-state index in [1.54, 1.807) is 0 Å². The number of aliphatic hydroxyl groups is 2. The van der Waals surface area contributed by atoms with Crippen LogP contribution >= 0.6 is 0 Å². The van der Waals surface area contributed by atoms with Gasteiger partial charge in [0.05, 0.1) is 13.2 Å². The number of rotatable bonds is 4. The first-order valence-corrected chi connectivity index (χ1v) is 3.55. The minimum Gasteiger partial charge on any atom is -0.457 e. The molecule has 0 bridgehead atoms. The van der Waals surface area contributed by atoms with Gasteiger partial charge in [-0.2, -0.15) is 0 Å². The van der Waals surface area contributed by atoms with E-state index in [1.165, 1.54) is 12.5 Å². The summed E-state index contributed by atoms with van der Waals surface area (Å²) >= 11 is 0. The highest BCUT2D eigenvalue weighted by atomic mass is 16.7. The molecule has 0 spiro atoms. The molecule has 0 radical (unpaired) electrons. The van der Waals surface area contributed by atoms with E-state index in [4.69, 9.17) is 19.7 Å². The van der Waals surface area contributed by atoms with Gasteiger partial charge in [0.2, 0.25) is 0 Å². The molecule has 0 saturated carbocycles. The molecule has 4 nitrogen and oxygen atoms in total. The van der Waals surface area contributed by atoms with Crippen molar-refractivity contribution in [3.8, 4) is 0 Å². The van der Waals surface area contributed by atoms with E-state index in [2.05, 4.69) is 0 Å². The summed E-state index contributed by atoms with van der Waals surface area (Å²) in [7, 11) is 0. The van der Waals surface area contributed by atoms with E-state index < -0.39 is 5.79 Å². The van der Waals surface area contributed by atoms with Crippen LogP contribution in [0.2, 0.25) is 0 Å². The van der Waals surface area contributed by atoms with Gasteiger partial charge in [0.25, 0.3) is 5.79 Å². The molecule has 0 atom stereocenters. The van der Waals surface area contributed by atoms with Crippen molar-refractivity contribution in [1.82, 2.24) is 0 Å². The Kier molecular flexibility index (Phi) is 2.73. The van der Waals surface area contributed by atoms with E-state index in [-0.39, 0.29) is 13.2 Å². The van der Waals surface area contributed by atoms with Crippen molar-refractivity contribution in [2.45, 2.75) is 18.6 Å². The van der Waals surface area contributed by atoms with Gasteiger partial charge in [-0.25, -0.2) is 0 Å². The van der Waals surface area contributed by atoms with Gasteiger partial charge >= 0.3 is 0 Å². The second kappa shape index (κ2) is 3.59. The van der Waals surface area contributed by atoms with Gasteiger partial charge in [0.15, 0.2) is 0 Å². The van der Waals surface area contributed by atoms with E-state index in [9.17, 15) is 0 Å². The lowest BCUT2D eigenvalue weighted by Crippen LogP contribution is -2.32. The molecule has 4 heteroatoms. The minimum atomic E-state index is -0.816. The molecule has 64 valence electrons. The van der Waals surface area contributed by atoms with Crippen LogP contribution in [-0.4, -0.2) is 29.2 Å². The van der Waals surface area contributed by atoms with E-state index in [1.807, 2.05) is 0 Å². The zero-order valence-electron chi connectivity index (χ0n) is 6.19. The van der Waals surface area contributed by atoms with Gasteiger partial charge in [0, 0.05) is 12.8 Å². The zero-order valence-corrected chi connectivity index (χ0v) is 6.19. The van der Waals surface area contributed by atoms with Gasteiger partial charge in [-0.05, 0) is 0 Å². The Morgan fingerprint density at radius 1 is 1.00 bits per heavy atom. The van der Waals surface area contributed by atoms with Crippen molar-refractivity contribution in [1.29, 1.82) is 0 Å². The third-order valence-corrected chi connectivity index (χ3v) is 1.61. The molecule has 0 aliphatic carbocycles. The normalized spacial score (nSPS) is 19.5. The third kappa shape index (κ3) is 1.85. The predicted molar refractivity (Wildman–Crippen MR) is 37.4 cm³/mol. The highest BCUT2D eigenvalue weighted by Gasteiger charge is 2.34. The van der Waals surface area contributed by atoms with Crippen molar-refractivity contribution in [2.75, 3.05) is 13.2 Å². The maximum atomic E-state index is 8.65. The SMILES string of the molecule is OCCC1(CCO)OC=CO1. The Morgan fingerprint density at radius 3 is 1.82 bits per heavy atom. The molecular formula is C7H12O4. The molecule has 1 rings (SSSR count). The molecule has 1 aliphatic heterocycles. The summed E-state index contributed by atoms with van der Waals surface area (Å²) in [6.45, 7) is -0.0244. The molecule has 2 N–H and O–H groups in total. The zero-order chi connectivity index (χ0) is 8.16. The Hall–Kier alpha value is -0.740. The van der Waals surface area contributed by atoms with Crippen LogP contribution < -0.4 is 0 Å². The molecule has 0 aromatic heterocycles. The van der Waals surface area contributed by atoms with Crippen molar-refractivity contribution in [3.05, 3.63) is 12.5 Å². The smallest absolute Gasteiger partial charge is 0.254 e. The maximum Gasteiger partial charge on any atom is 0.254 e. The Labute approximate surface area is 65.0 Å². The molecule has 1 heterocycles. The first kappa shape index (κ1) is 8.36. The topological polar surface area (TPSA) is 58.9 Å². The maximum absolute atomic E-state index is 8.65. The van der Waals surface area contributed by atoms with Crippen LogP contribution in [0.4, 0.5) is 0 Å². The monoisotopic (exact) mass is 160 g/mol. The fraction of sp³-hybridized carbons (Fsp3) is 0.714. The molecular weight excluding hydrogens is 148 g/mol. The lowest BCUT2D eigenvalue weighted by molar-refractivity contribution is -0.162. The first-order chi connectivity index (χ1) is 5.33. The van der Waals surface area contributed by atoms with Crippen molar-refractivity contribution in [2.24, 2.45) is 0 Å². The molecule has 0 aromatic carbocycles. The molecule has 0 amide bonds. The van der Waals surface area contributed by atoms with Gasteiger partial charge in [-0.1, -0.05) is 0 Å². The minimum absolute atomic E-state index is 0.0122. The van der Waals surface area contributed by atoms with Crippen molar-refractivity contribution in [3.63, 3.8) is 0 Å². The van der Waals surface area contributed by atoms with Crippen molar-refractivity contribution >= 4 is 0 Å². The summed E-state index contributed by atoms with van der Waals surface area (Å²) in [6, 6.07) is 0. The molecule has 0 aromatic rings. The second-order valence-corrected chi connectivity index (χ2v) is 2.37. The summed E-state index contributed by atoms with van der Waals surface area (Å²) < 4.78 is 10.2. The van der Waals surface area contributed by atoms with Gasteiger partial charge in [0.1, 0.15) is 12.5 Å². The van der Waals surface area contributed by atoms with Crippen LogP contribution in [0, 0.1) is 0 Å². The van der Waals surface area contributed by atoms with Gasteiger partial charge in [-0.15, -0.1) is 0 Å². The number of ether oxygens (including phenoxy) is 2. The average Bonchev–Trinajstić information content (AvgIpc) is 2.39. The van der Waals surface area contributed by atoms with Gasteiger partial charge < -0.3 is 19.7 Å². The summed E-state index contributed by atoms with van der Waals surface area (Å²) in [5, 5.41) is 17.3. The Balaban J connectivity index is 2.43. The summed E-state index contributed by atoms with van der Waals surface area (Å²) in [5.41, 5.74) is 0. The Bertz CT molecular complexity index is 127. The highest BCUT2D eigenvalue weighted by molar-refractivity contribution is 4.83. The predicted octanol–water partition coefficient (Wildman–Crippen LogP) is -0.0345. The number of aliphatic hydroxyl groups excluding tert-OH is 2.